The van der Waals surface area contributed by atoms with E-state index in [0.717, 1.165) is 25.3 Å². The average molecular weight is 295 g/mol. The summed E-state index contributed by atoms with van der Waals surface area (Å²) < 4.78 is 60.4. The number of para-hydroxylation sites is 1. The standard InChI is InChI=1S/C12H16F3NO2S/c1-2-3-6-9-16-10-7-4-5-8-11(10)19(17,18)12(13,14)15/h4-5,7-8,16H,2-3,6,9H2,1H3. The van der Waals surface area contributed by atoms with Crippen LogP contribution in [-0.2, 0) is 9.84 Å². The fraction of sp³-hybridized carbons (Fsp3) is 0.500. The third-order valence-corrected chi connectivity index (χ3v) is 4.12. The molecular weight excluding hydrogens is 279 g/mol. The first-order valence-corrected chi connectivity index (χ1v) is 7.43. The van der Waals surface area contributed by atoms with Crippen molar-refractivity contribution < 1.29 is 21.6 Å². The van der Waals surface area contributed by atoms with Crippen molar-refractivity contribution in [2.45, 2.75) is 36.6 Å². The van der Waals surface area contributed by atoms with Crippen LogP contribution in [0.15, 0.2) is 29.2 Å². The van der Waals surface area contributed by atoms with Gasteiger partial charge in [-0.25, -0.2) is 8.42 Å². The van der Waals surface area contributed by atoms with Crippen molar-refractivity contribution in [2.75, 3.05) is 11.9 Å². The predicted molar refractivity (Wildman–Crippen MR) is 67.7 cm³/mol. The number of alkyl halides is 3. The molecule has 0 aliphatic carbocycles. The van der Waals surface area contributed by atoms with Gasteiger partial charge in [0, 0.05) is 6.54 Å². The van der Waals surface area contributed by atoms with Crippen LogP contribution in [-0.4, -0.2) is 20.5 Å². The molecule has 108 valence electrons. The maximum atomic E-state index is 12.5. The second-order valence-corrected chi connectivity index (χ2v) is 5.99. The number of benzene rings is 1. The number of hydrogen-bond acceptors (Lipinski definition) is 3. The SMILES string of the molecule is CCCCCNc1ccccc1S(=O)(=O)C(F)(F)F. The van der Waals surface area contributed by atoms with Crippen molar-refractivity contribution in [1.82, 2.24) is 0 Å². The van der Waals surface area contributed by atoms with Crippen LogP contribution >= 0.6 is 0 Å². The average Bonchev–Trinajstić information content (AvgIpc) is 2.34. The highest BCUT2D eigenvalue weighted by Gasteiger charge is 2.47. The van der Waals surface area contributed by atoms with Gasteiger partial charge in [-0.1, -0.05) is 31.9 Å². The van der Waals surface area contributed by atoms with Gasteiger partial charge >= 0.3 is 5.51 Å². The van der Waals surface area contributed by atoms with Gasteiger partial charge in [0.15, 0.2) is 0 Å². The van der Waals surface area contributed by atoms with Crippen molar-refractivity contribution >= 4 is 15.5 Å². The van der Waals surface area contributed by atoms with Gasteiger partial charge in [-0.2, -0.15) is 13.2 Å². The minimum absolute atomic E-state index is 0.00377. The molecule has 0 fully saturated rings. The van der Waals surface area contributed by atoms with E-state index in [1.165, 1.54) is 18.2 Å². The summed E-state index contributed by atoms with van der Waals surface area (Å²) >= 11 is 0. The Bertz CT molecular complexity index is 512. The van der Waals surface area contributed by atoms with Gasteiger partial charge in [0.1, 0.15) is 0 Å². The fourth-order valence-electron chi connectivity index (χ4n) is 1.57. The summed E-state index contributed by atoms with van der Waals surface area (Å²) in [6.07, 6.45) is 2.68. The molecule has 0 amide bonds. The third kappa shape index (κ3) is 3.86. The van der Waals surface area contributed by atoms with Crippen LogP contribution in [0.4, 0.5) is 18.9 Å². The zero-order chi connectivity index (χ0) is 14.5. The Morgan fingerprint density at radius 2 is 1.79 bits per heavy atom. The lowest BCUT2D eigenvalue weighted by atomic mass is 10.2. The number of unbranched alkanes of at least 4 members (excludes halogenated alkanes) is 2. The molecule has 19 heavy (non-hydrogen) atoms. The maximum Gasteiger partial charge on any atom is 0.501 e. The van der Waals surface area contributed by atoms with E-state index < -0.39 is 20.2 Å². The predicted octanol–water partition coefficient (Wildman–Crippen LogP) is 3.58. The Labute approximate surface area is 110 Å². The van der Waals surface area contributed by atoms with Crippen LogP contribution < -0.4 is 5.32 Å². The van der Waals surface area contributed by atoms with E-state index in [1.807, 2.05) is 6.92 Å². The zero-order valence-electron chi connectivity index (χ0n) is 10.5. The number of nitrogens with one attached hydrogen (secondary N) is 1. The molecule has 0 bridgehead atoms. The minimum Gasteiger partial charge on any atom is -0.384 e. The molecule has 0 heterocycles. The van der Waals surface area contributed by atoms with E-state index in [2.05, 4.69) is 5.32 Å². The molecule has 1 aromatic carbocycles. The highest BCUT2D eigenvalue weighted by atomic mass is 32.2. The molecule has 0 spiro atoms. The van der Waals surface area contributed by atoms with Gasteiger partial charge < -0.3 is 5.32 Å². The van der Waals surface area contributed by atoms with E-state index in [9.17, 15) is 21.6 Å². The van der Waals surface area contributed by atoms with Crippen LogP contribution in [0, 0.1) is 0 Å². The van der Waals surface area contributed by atoms with E-state index in [0.29, 0.717) is 6.54 Å². The number of hydrogen-bond donors (Lipinski definition) is 1. The fourth-order valence-corrected chi connectivity index (χ4v) is 2.51. The van der Waals surface area contributed by atoms with Gasteiger partial charge in [0.25, 0.3) is 9.84 Å². The second kappa shape index (κ2) is 6.27. The Balaban J connectivity index is 2.97. The van der Waals surface area contributed by atoms with Crippen molar-refractivity contribution in [3.63, 3.8) is 0 Å². The highest BCUT2D eigenvalue weighted by Crippen LogP contribution is 2.34. The quantitative estimate of drug-likeness (QED) is 0.816. The summed E-state index contributed by atoms with van der Waals surface area (Å²) in [4.78, 5) is -0.723. The van der Waals surface area contributed by atoms with Gasteiger partial charge in [-0.15, -0.1) is 0 Å². The minimum atomic E-state index is -5.31. The van der Waals surface area contributed by atoms with E-state index in [-0.39, 0.29) is 5.69 Å². The summed E-state index contributed by atoms with van der Waals surface area (Å²) in [6.45, 7) is 2.44. The summed E-state index contributed by atoms with van der Waals surface area (Å²) in [7, 11) is -5.31. The molecule has 7 heteroatoms. The summed E-state index contributed by atoms with van der Waals surface area (Å²) in [6, 6.07) is 5.07. The van der Waals surface area contributed by atoms with Crippen LogP contribution in [0.3, 0.4) is 0 Å². The molecule has 0 radical (unpaired) electrons. The normalized spacial score (nSPS) is 12.4. The molecule has 0 aromatic heterocycles. The summed E-state index contributed by atoms with van der Waals surface area (Å²) in [5, 5.41) is 2.75. The van der Waals surface area contributed by atoms with Gasteiger partial charge in [0.05, 0.1) is 10.6 Å². The molecule has 0 saturated heterocycles. The number of halogens is 3. The van der Waals surface area contributed by atoms with Crippen LogP contribution in [0.25, 0.3) is 0 Å². The highest BCUT2D eigenvalue weighted by molar-refractivity contribution is 7.92. The first-order chi connectivity index (χ1) is 8.80. The Hall–Kier alpha value is -1.24. The molecule has 1 aromatic rings. The Kier molecular flexibility index (Phi) is 5.22. The lowest BCUT2D eigenvalue weighted by Gasteiger charge is -2.13. The molecule has 0 aliphatic heterocycles. The monoisotopic (exact) mass is 295 g/mol. The molecular formula is C12H16F3NO2S. The second-order valence-electron chi connectivity index (χ2n) is 4.08. The van der Waals surface area contributed by atoms with Crippen LogP contribution in [0.5, 0.6) is 0 Å². The molecule has 0 saturated carbocycles. The van der Waals surface area contributed by atoms with Crippen LogP contribution in [0.1, 0.15) is 26.2 Å². The Morgan fingerprint density at radius 1 is 1.16 bits per heavy atom. The smallest absolute Gasteiger partial charge is 0.384 e. The third-order valence-electron chi connectivity index (χ3n) is 2.58. The van der Waals surface area contributed by atoms with Gasteiger partial charge in [-0.3, -0.25) is 0 Å². The lowest BCUT2D eigenvalue weighted by molar-refractivity contribution is -0.0435. The first kappa shape index (κ1) is 15.8. The number of sulfone groups is 1. The van der Waals surface area contributed by atoms with E-state index >= 15 is 0 Å². The molecule has 1 rings (SSSR count). The maximum absolute atomic E-state index is 12.5. The first-order valence-electron chi connectivity index (χ1n) is 5.95. The van der Waals surface area contributed by atoms with Crippen molar-refractivity contribution in [2.24, 2.45) is 0 Å². The Morgan fingerprint density at radius 3 is 2.37 bits per heavy atom. The van der Waals surface area contributed by atoms with Crippen molar-refractivity contribution in [3.8, 4) is 0 Å². The summed E-state index contributed by atoms with van der Waals surface area (Å²) in [5.74, 6) is 0. The van der Waals surface area contributed by atoms with Crippen molar-refractivity contribution in [3.05, 3.63) is 24.3 Å². The van der Waals surface area contributed by atoms with Crippen LogP contribution in [0.2, 0.25) is 0 Å². The van der Waals surface area contributed by atoms with Crippen molar-refractivity contribution in [1.29, 1.82) is 0 Å². The molecule has 1 N–H and O–H groups in total. The molecule has 0 atom stereocenters. The molecule has 0 unspecified atom stereocenters. The van der Waals surface area contributed by atoms with Gasteiger partial charge in [0.2, 0.25) is 0 Å². The zero-order valence-corrected chi connectivity index (χ0v) is 11.3. The van der Waals surface area contributed by atoms with E-state index in [1.54, 1.807) is 0 Å². The largest absolute Gasteiger partial charge is 0.501 e. The summed E-state index contributed by atoms with van der Waals surface area (Å²) in [5.41, 5.74) is -5.29. The topological polar surface area (TPSA) is 46.2 Å². The molecule has 0 aliphatic rings. The van der Waals surface area contributed by atoms with Gasteiger partial charge in [-0.05, 0) is 18.6 Å². The molecule has 3 nitrogen and oxygen atoms in total. The van der Waals surface area contributed by atoms with E-state index in [4.69, 9.17) is 0 Å². The lowest BCUT2D eigenvalue weighted by Crippen LogP contribution is -2.24. The number of rotatable bonds is 6. The number of anilines is 1.